The number of amides is 2. The minimum Gasteiger partial charge on any atom is -0.340 e. The number of nitrogens with zero attached hydrogens (tertiary/aromatic N) is 6. The highest BCUT2D eigenvalue weighted by atomic mass is 16.2. The number of rotatable bonds is 16. The Balaban J connectivity index is 0.000000811. The van der Waals surface area contributed by atoms with Crippen LogP contribution in [0.1, 0.15) is 88.7 Å². The van der Waals surface area contributed by atoms with Crippen LogP contribution in [0.2, 0.25) is 0 Å². The third-order valence-corrected chi connectivity index (χ3v) is 11.5. The normalized spacial score (nSPS) is 14.0. The number of aromatic nitrogens is 4. The molecule has 2 aromatic heterocycles. The second-order valence-corrected chi connectivity index (χ2v) is 15.4. The molecule has 10 nitrogen and oxygen atoms in total. The number of aromatic amines is 2. The number of imidazole rings is 2. The van der Waals surface area contributed by atoms with E-state index < -0.39 is 0 Å². The SMILES string of the molecule is C#C.CCCN(Cc1nc2ccc(-c3cccc(-c4cnc([C@@H]5CCCN5C(=O)Cc5ccccc5)[nH]4)c3)cc2[nH]1)C(=O)[C@@H](c1ccccc1)N(CC)CC.CCN(C)CC. The van der Waals surface area contributed by atoms with Gasteiger partial charge in [-0.3, -0.25) is 14.5 Å². The van der Waals surface area contributed by atoms with Gasteiger partial charge in [-0.2, -0.15) is 0 Å². The molecule has 4 aromatic carbocycles. The summed E-state index contributed by atoms with van der Waals surface area (Å²) in [5.41, 5.74) is 7.93. The molecule has 7 rings (SSSR count). The largest absolute Gasteiger partial charge is 0.340 e. The Morgan fingerprint density at radius 2 is 1.48 bits per heavy atom. The van der Waals surface area contributed by atoms with E-state index in [2.05, 4.69) is 111 Å². The van der Waals surface area contributed by atoms with Gasteiger partial charge in [0.1, 0.15) is 17.7 Å². The molecule has 1 saturated heterocycles. The Kier molecular flexibility index (Phi) is 17.4. The van der Waals surface area contributed by atoms with E-state index in [4.69, 9.17) is 9.97 Å². The average molecular weight is 821 g/mol. The average Bonchev–Trinajstić information content (AvgIpc) is 4.09. The van der Waals surface area contributed by atoms with Gasteiger partial charge in [0.15, 0.2) is 0 Å². The fourth-order valence-electron chi connectivity index (χ4n) is 7.91. The molecule has 61 heavy (non-hydrogen) atoms. The van der Waals surface area contributed by atoms with Gasteiger partial charge in [-0.05, 0) is 92.9 Å². The molecular weight excluding hydrogens is 757 g/mol. The van der Waals surface area contributed by atoms with Crippen molar-refractivity contribution in [2.45, 2.75) is 78.9 Å². The van der Waals surface area contributed by atoms with Gasteiger partial charge in [-0.1, -0.05) is 120 Å². The molecule has 1 aliphatic rings. The maximum Gasteiger partial charge on any atom is 0.244 e. The van der Waals surface area contributed by atoms with Crippen LogP contribution in [0.25, 0.3) is 33.4 Å². The molecule has 2 N–H and O–H groups in total. The molecule has 0 radical (unpaired) electrons. The molecular formula is C51H64N8O2. The van der Waals surface area contributed by atoms with Crippen LogP contribution < -0.4 is 0 Å². The van der Waals surface area contributed by atoms with Crippen LogP contribution in [0.4, 0.5) is 0 Å². The lowest BCUT2D eigenvalue weighted by atomic mass is 10.0. The number of hydrogen-bond acceptors (Lipinski definition) is 6. The molecule has 1 aliphatic heterocycles. The maximum absolute atomic E-state index is 14.2. The number of likely N-dealkylation sites (tertiary alicyclic amines) is 1. The number of likely N-dealkylation sites (N-methyl/N-ethyl adjacent to an activating group) is 1. The van der Waals surface area contributed by atoms with Crippen molar-refractivity contribution >= 4 is 22.8 Å². The van der Waals surface area contributed by atoms with Crippen LogP contribution in [0.5, 0.6) is 0 Å². The summed E-state index contributed by atoms with van der Waals surface area (Å²) >= 11 is 0. The highest BCUT2D eigenvalue weighted by Crippen LogP contribution is 2.33. The van der Waals surface area contributed by atoms with Crippen molar-refractivity contribution in [2.24, 2.45) is 0 Å². The van der Waals surface area contributed by atoms with Crippen molar-refractivity contribution in [3.8, 4) is 35.2 Å². The third kappa shape index (κ3) is 11.8. The molecule has 0 bridgehead atoms. The highest BCUT2D eigenvalue weighted by Gasteiger charge is 2.32. The van der Waals surface area contributed by atoms with Crippen molar-refractivity contribution in [3.63, 3.8) is 0 Å². The number of fused-ring (bicyclic) bond motifs is 1. The van der Waals surface area contributed by atoms with Gasteiger partial charge in [0.05, 0.1) is 41.9 Å². The van der Waals surface area contributed by atoms with Crippen molar-refractivity contribution in [1.82, 2.24) is 39.5 Å². The standard InChI is InChI=1S/C44H49N7O2.C5H13N.C2H2/c1-4-24-50(44(53)42(49(5-2)6-3)32-17-11-8-12-18-32)30-40-46-36-23-22-34(28-37(36)47-40)33-19-13-20-35(27-33)38-29-45-43(48-38)39-21-14-25-51(39)41(52)26-31-15-9-7-10-16-31;1-4-6(3)5-2;1-2/h7-13,15-20,22-23,27-29,39,42H,4-6,14,21,24-26,30H2,1-3H3,(H,45,48)(H,46,47);4-5H2,1-3H3;1-2H/t39-,42+;;/m0../s1. The second kappa shape index (κ2) is 23.1. The van der Waals surface area contributed by atoms with Crippen molar-refractivity contribution in [3.05, 3.63) is 132 Å². The minimum atomic E-state index is -0.341. The van der Waals surface area contributed by atoms with E-state index in [1.54, 1.807) is 0 Å². The first-order valence-electron chi connectivity index (χ1n) is 21.8. The Bertz CT molecular complexity index is 2270. The van der Waals surface area contributed by atoms with E-state index in [9.17, 15) is 9.59 Å². The Morgan fingerprint density at radius 1 is 0.803 bits per heavy atom. The lowest BCUT2D eigenvalue weighted by Crippen LogP contribution is -2.43. The molecule has 1 fully saturated rings. The van der Waals surface area contributed by atoms with Crippen LogP contribution in [-0.2, 0) is 22.6 Å². The maximum atomic E-state index is 14.2. The quantitative estimate of drug-likeness (QED) is 0.0944. The molecule has 0 unspecified atom stereocenters. The zero-order valence-electron chi connectivity index (χ0n) is 37.0. The highest BCUT2D eigenvalue weighted by molar-refractivity contribution is 5.85. The van der Waals surface area contributed by atoms with E-state index in [1.807, 2.05) is 82.7 Å². The van der Waals surface area contributed by atoms with Crippen LogP contribution >= 0.6 is 0 Å². The number of terminal acetylenes is 1. The molecule has 3 heterocycles. The fourth-order valence-corrected chi connectivity index (χ4v) is 7.91. The Hall–Kier alpha value is -6.02. The molecule has 2 amide bonds. The number of H-pyrrole nitrogens is 2. The molecule has 0 spiro atoms. The Morgan fingerprint density at radius 3 is 2.13 bits per heavy atom. The molecule has 10 heteroatoms. The number of hydrogen-bond donors (Lipinski definition) is 2. The topological polar surface area (TPSA) is 104 Å². The predicted molar refractivity (Wildman–Crippen MR) is 249 cm³/mol. The van der Waals surface area contributed by atoms with Gasteiger partial charge < -0.3 is 24.7 Å². The van der Waals surface area contributed by atoms with E-state index in [-0.39, 0.29) is 23.9 Å². The summed E-state index contributed by atoms with van der Waals surface area (Å²) < 4.78 is 0. The van der Waals surface area contributed by atoms with Gasteiger partial charge >= 0.3 is 0 Å². The van der Waals surface area contributed by atoms with Crippen LogP contribution in [0.15, 0.2) is 109 Å². The molecule has 2 atom stereocenters. The predicted octanol–water partition coefficient (Wildman–Crippen LogP) is 9.56. The third-order valence-electron chi connectivity index (χ3n) is 11.5. The number of nitrogens with one attached hydrogen (secondary N) is 2. The first-order chi connectivity index (χ1) is 29.8. The van der Waals surface area contributed by atoms with E-state index in [0.717, 1.165) is 108 Å². The summed E-state index contributed by atoms with van der Waals surface area (Å²) in [7, 11) is 2.11. The molecule has 0 saturated carbocycles. The summed E-state index contributed by atoms with van der Waals surface area (Å²) in [5, 5.41) is 0. The molecule has 320 valence electrons. The van der Waals surface area contributed by atoms with Gasteiger partial charge in [-0.25, -0.2) is 9.97 Å². The van der Waals surface area contributed by atoms with Gasteiger partial charge in [-0.15, -0.1) is 12.8 Å². The lowest BCUT2D eigenvalue weighted by Gasteiger charge is -2.33. The zero-order chi connectivity index (χ0) is 43.7. The first kappa shape index (κ1) is 46.1. The number of benzene rings is 4. The van der Waals surface area contributed by atoms with Crippen LogP contribution in [0, 0.1) is 12.8 Å². The minimum absolute atomic E-state index is 0.0508. The van der Waals surface area contributed by atoms with Crippen molar-refractivity contribution < 1.29 is 9.59 Å². The van der Waals surface area contributed by atoms with Gasteiger partial charge in [0.25, 0.3) is 0 Å². The summed E-state index contributed by atoms with van der Waals surface area (Å²) in [6.45, 7) is 16.3. The number of carbonyl (C=O) groups is 2. The summed E-state index contributed by atoms with van der Waals surface area (Å²) in [5.74, 6) is 1.84. The number of carbonyl (C=O) groups excluding carboxylic acids is 2. The van der Waals surface area contributed by atoms with E-state index in [0.29, 0.717) is 19.5 Å². The summed E-state index contributed by atoms with van der Waals surface area (Å²) in [6.07, 6.45) is 13.0. The monoisotopic (exact) mass is 821 g/mol. The lowest BCUT2D eigenvalue weighted by molar-refractivity contribution is -0.138. The fraction of sp³-hybridized carbons (Fsp3) is 0.373. The molecule has 0 aliphatic carbocycles. The van der Waals surface area contributed by atoms with Gasteiger partial charge in [0.2, 0.25) is 11.8 Å². The van der Waals surface area contributed by atoms with Crippen molar-refractivity contribution in [2.75, 3.05) is 46.3 Å². The van der Waals surface area contributed by atoms with E-state index in [1.165, 1.54) is 0 Å². The Labute approximate surface area is 363 Å². The second-order valence-electron chi connectivity index (χ2n) is 15.4. The smallest absolute Gasteiger partial charge is 0.244 e. The van der Waals surface area contributed by atoms with Crippen LogP contribution in [-0.4, -0.2) is 97.7 Å². The summed E-state index contributed by atoms with van der Waals surface area (Å²) in [4.78, 5) is 52.6. The summed E-state index contributed by atoms with van der Waals surface area (Å²) in [6, 6.07) is 34.3. The zero-order valence-corrected chi connectivity index (χ0v) is 37.0. The van der Waals surface area contributed by atoms with Gasteiger partial charge in [0, 0.05) is 18.7 Å². The first-order valence-corrected chi connectivity index (χ1v) is 21.8. The van der Waals surface area contributed by atoms with Crippen molar-refractivity contribution in [1.29, 1.82) is 0 Å². The van der Waals surface area contributed by atoms with E-state index >= 15 is 0 Å². The molecule has 6 aromatic rings. The van der Waals surface area contributed by atoms with Crippen LogP contribution in [0.3, 0.4) is 0 Å².